The molecule has 2 aliphatic heterocycles. The summed E-state index contributed by atoms with van der Waals surface area (Å²) < 4.78 is 17.0. The van der Waals surface area contributed by atoms with Crippen LogP contribution in [0.25, 0.3) is 5.57 Å². The number of nitrogens with zero attached hydrogens (tertiary/aromatic N) is 3. The number of aromatic nitrogens is 1. The highest BCUT2D eigenvalue weighted by atomic mass is 32.1. The number of fused-ring (bicyclic) bond motifs is 2. The third-order valence-electron chi connectivity index (χ3n) is 6.60. The molecule has 2 aliphatic rings. The van der Waals surface area contributed by atoms with Gasteiger partial charge in [0.15, 0.2) is 16.3 Å². The van der Waals surface area contributed by atoms with Crippen molar-refractivity contribution in [2.24, 2.45) is 4.99 Å². The Morgan fingerprint density at radius 1 is 1.07 bits per heavy atom. The highest BCUT2D eigenvalue weighted by Gasteiger charge is 2.38. The second-order valence-electron chi connectivity index (χ2n) is 9.08. The van der Waals surface area contributed by atoms with Gasteiger partial charge in [-0.1, -0.05) is 35.6 Å². The van der Waals surface area contributed by atoms with Crippen LogP contribution >= 0.6 is 11.3 Å². The van der Waals surface area contributed by atoms with Crippen molar-refractivity contribution in [1.82, 2.24) is 4.57 Å². The first kappa shape index (κ1) is 27.5. The maximum atomic E-state index is 14.1. The van der Waals surface area contributed by atoms with Crippen molar-refractivity contribution in [3.05, 3.63) is 84.5 Å². The Morgan fingerprint density at radius 2 is 1.80 bits per heavy atom. The van der Waals surface area contributed by atoms with Crippen LogP contribution in [0.4, 0.5) is 5.69 Å². The van der Waals surface area contributed by atoms with E-state index in [1.807, 2.05) is 0 Å². The number of para-hydroxylation sites is 1. The molecule has 210 valence electrons. The number of esters is 2. The molecule has 0 spiro atoms. The second kappa shape index (κ2) is 10.5. The molecular formula is C28H23N3O9S. The van der Waals surface area contributed by atoms with Gasteiger partial charge in [0.05, 0.1) is 42.8 Å². The summed E-state index contributed by atoms with van der Waals surface area (Å²) in [4.78, 5) is 69.5. The highest BCUT2D eigenvalue weighted by molar-refractivity contribution is 7.07. The van der Waals surface area contributed by atoms with Gasteiger partial charge >= 0.3 is 17.9 Å². The zero-order valence-corrected chi connectivity index (χ0v) is 23.1. The van der Waals surface area contributed by atoms with Gasteiger partial charge in [-0.05, 0) is 30.7 Å². The topological polar surface area (TPSA) is 154 Å². The molecule has 2 aromatic carbocycles. The number of carboxylic acids is 1. The van der Waals surface area contributed by atoms with E-state index in [9.17, 15) is 29.1 Å². The second-order valence-corrected chi connectivity index (χ2v) is 10.1. The molecule has 12 nitrogen and oxygen atoms in total. The zero-order chi connectivity index (χ0) is 29.6. The Kier molecular flexibility index (Phi) is 7.05. The van der Waals surface area contributed by atoms with Gasteiger partial charge in [-0.3, -0.25) is 28.6 Å². The Labute approximate surface area is 236 Å². The average Bonchev–Trinajstić information content (AvgIpc) is 3.39. The molecule has 1 amide bonds. The molecule has 3 aromatic rings. The van der Waals surface area contributed by atoms with Crippen molar-refractivity contribution >= 4 is 46.4 Å². The van der Waals surface area contributed by atoms with E-state index in [0.29, 0.717) is 22.5 Å². The lowest BCUT2D eigenvalue weighted by molar-refractivity contribution is -0.137. The number of benzene rings is 2. The number of thiazole rings is 1. The van der Waals surface area contributed by atoms with Gasteiger partial charge in [0.2, 0.25) is 0 Å². The summed E-state index contributed by atoms with van der Waals surface area (Å²) in [5.74, 6) is -2.79. The monoisotopic (exact) mass is 577 g/mol. The number of carboxylic acid groups (broad SMARTS) is 1. The first-order valence-electron chi connectivity index (χ1n) is 12.2. The number of ether oxygens (including phenoxy) is 3. The number of aliphatic carboxylic acids is 1. The summed E-state index contributed by atoms with van der Waals surface area (Å²) in [5.41, 5.74) is 1.04. The molecule has 0 bridgehead atoms. The summed E-state index contributed by atoms with van der Waals surface area (Å²) in [6.07, 6.45) is 0. The van der Waals surface area contributed by atoms with Crippen molar-refractivity contribution in [3.63, 3.8) is 0 Å². The Morgan fingerprint density at radius 3 is 2.46 bits per heavy atom. The van der Waals surface area contributed by atoms with E-state index in [1.165, 1.54) is 37.8 Å². The molecule has 0 saturated heterocycles. The molecule has 0 unspecified atom stereocenters. The van der Waals surface area contributed by atoms with E-state index in [2.05, 4.69) is 4.99 Å². The van der Waals surface area contributed by atoms with Crippen molar-refractivity contribution in [2.45, 2.75) is 19.9 Å². The fraction of sp³-hybridized carbons (Fsp3) is 0.214. The molecule has 1 atom stereocenters. The van der Waals surface area contributed by atoms with E-state index >= 15 is 0 Å². The van der Waals surface area contributed by atoms with Gasteiger partial charge in [-0.2, -0.15) is 0 Å². The van der Waals surface area contributed by atoms with Crippen LogP contribution < -0.4 is 29.3 Å². The summed E-state index contributed by atoms with van der Waals surface area (Å²) >= 11 is 0.957. The Balaban J connectivity index is 1.79. The van der Waals surface area contributed by atoms with E-state index < -0.39 is 42.0 Å². The molecule has 41 heavy (non-hydrogen) atoms. The van der Waals surface area contributed by atoms with Gasteiger partial charge in [-0.15, -0.1) is 0 Å². The summed E-state index contributed by atoms with van der Waals surface area (Å²) in [5, 5.41) is 9.40. The first-order chi connectivity index (χ1) is 19.6. The number of rotatable bonds is 6. The number of carbonyl (C=O) groups excluding carboxylic acids is 3. The predicted octanol–water partition coefficient (Wildman–Crippen LogP) is 1.14. The number of amides is 1. The van der Waals surface area contributed by atoms with Crippen LogP contribution in [0.3, 0.4) is 0 Å². The molecular weight excluding hydrogens is 554 g/mol. The number of carbonyl (C=O) groups is 4. The third-order valence-corrected chi connectivity index (χ3v) is 7.66. The standard InChI is InChI=1S/C28H23N3O9S/c1-13-21(27(37)39-4)23(15-9-10-18(40-14(2)32)19(11-15)38-3)31-26(36)24(41-28(31)29-13)22-16-7-5-6-8-17(16)30(25(22)35)12-20(33)34/h5-11,23H,12H2,1-4H3,(H,33,34)/b24-22-/t23-/m0/s1. The van der Waals surface area contributed by atoms with E-state index in [4.69, 9.17) is 14.2 Å². The molecule has 1 aromatic heterocycles. The summed E-state index contributed by atoms with van der Waals surface area (Å²) in [7, 11) is 2.59. The van der Waals surface area contributed by atoms with Crippen LogP contribution in [0.5, 0.6) is 11.5 Å². The maximum absolute atomic E-state index is 14.1. The molecule has 1 N–H and O–H groups in total. The van der Waals surface area contributed by atoms with Gasteiger partial charge in [0.1, 0.15) is 11.1 Å². The molecule has 0 aliphatic carbocycles. The number of allylic oxidation sites excluding steroid dienone is 1. The number of methoxy groups -OCH3 is 2. The SMILES string of the molecule is COC(=O)C1=C(C)N=c2s/c(=C3\C(=O)N(CC(=O)O)c4ccccc43)c(=O)n2[C@H]1c1ccc(OC(C)=O)c(OC)c1. The van der Waals surface area contributed by atoms with Crippen molar-refractivity contribution in [1.29, 1.82) is 0 Å². The lowest BCUT2D eigenvalue weighted by atomic mass is 9.95. The van der Waals surface area contributed by atoms with Gasteiger partial charge in [0.25, 0.3) is 11.5 Å². The predicted molar refractivity (Wildman–Crippen MR) is 145 cm³/mol. The minimum Gasteiger partial charge on any atom is -0.493 e. The third kappa shape index (κ3) is 4.59. The van der Waals surface area contributed by atoms with Crippen molar-refractivity contribution in [3.8, 4) is 11.5 Å². The van der Waals surface area contributed by atoms with Gasteiger partial charge in [0, 0.05) is 12.5 Å². The van der Waals surface area contributed by atoms with Gasteiger partial charge in [-0.25, -0.2) is 9.79 Å². The average molecular weight is 578 g/mol. The molecule has 0 saturated carbocycles. The zero-order valence-electron chi connectivity index (χ0n) is 22.3. The van der Waals surface area contributed by atoms with Crippen LogP contribution in [0.1, 0.15) is 31.0 Å². The summed E-state index contributed by atoms with van der Waals surface area (Å²) in [6.45, 7) is 2.27. The summed E-state index contributed by atoms with van der Waals surface area (Å²) in [6, 6.07) is 10.2. The van der Waals surface area contributed by atoms with Crippen LogP contribution in [0.2, 0.25) is 0 Å². The Bertz CT molecular complexity index is 1870. The van der Waals surface area contributed by atoms with Crippen LogP contribution in [-0.4, -0.2) is 54.3 Å². The maximum Gasteiger partial charge on any atom is 0.338 e. The molecule has 3 heterocycles. The minimum atomic E-state index is -1.21. The molecule has 0 fully saturated rings. The minimum absolute atomic E-state index is 0.0431. The van der Waals surface area contributed by atoms with Crippen molar-refractivity contribution < 1.29 is 38.5 Å². The largest absolute Gasteiger partial charge is 0.493 e. The molecule has 13 heteroatoms. The lowest BCUT2D eigenvalue weighted by Crippen LogP contribution is -2.41. The first-order valence-corrected chi connectivity index (χ1v) is 13.0. The number of hydrogen-bond acceptors (Lipinski definition) is 10. The normalized spacial score (nSPS) is 17.0. The number of hydrogen-bond donors (Lipinski definition) is 1. The quantitative estimate of drug-likeness (QED) is 0.336. The fourth-order valence-electron chi connectivity index (χ4n) is 4.94. The molecule has 5 rings (SSSR count). The van der Waals surface area contributed by atoms with Gasteiger partial charge < -0.3 is 19.3 Å². The van der Waals surface area contributed by atoms with Crippen LogP contribution in [-0.2, 0) is 23.9 Å². The smallest absolute Gasteiger partial charge is 0.338 e. The van der Waals surface area contributed by atoms with E-state index in [1.54, 1.807) is 37.3 Å². The van der Waals surface area contributed by atoms with E-state index in [0.717, 1.165) is 16.2 Å². The lowest BCUT2D eigenvalue weighted by Gasteiger charge is -2.25. The van der Waals surface area contributed by atoms with E-state index in [-0.39, 0.29) is 32.0 Å². The highest BCUT2D eigenvalue weighted by Crippen LogP contribution is 2.37. The van der Waals surface area contributed by atoms with Crippen LogP contribution in [0.15, 0.2) is 63.5 Å². The van der Waals surface area contributed by atoms with Crippen molar-refractivity contribution in [2.75, 3.05) is 25.7 Å². The fourth-order valence-corrected chi connectivity index (χ4v) is 6.08. The van der Waals surface area contributed by atoms with Crippen LogP contribution in [0, 0.1) is 0 Å². The molecule has 0 radical (unpaired) electrons. The Hall–Kier alpha value is -5.04. The number of anilines is 1.